The number of aryl methyl sites for hydroxylation is 1. The molecular formula is C20H20BrN3O2S. The molecular weight excluding hydrogens is 426 g/mol. The van der Waals surface area contributed by atoms with Crippen LogP contribution in [0.3, 0.4) is 0 Å². The van der Waals surface area contributed by atoms with E-state index in [4.69, 9.17) is 4.52 Å². The largest absolute Gasteiger partial charge is 0.337 e. The maximum atomic E-state index is 12.3. The van der Waals surface area contributed by atoms with E-state index in [9.17, 15) is 4.79 Å². The number of hydrogen-bond acceptors (Lipinski definition) is 5. The van der Waals surface area contributed by atoms with Gasteiger partial charge in [0.05, 0.1) is 12.3 Å². The highest BCUT2D eigenvalue weighted by molar-refractivity contribution is 9.10. The minimum absolute atomic E-state index is 0.0364. The van der Waals surface area contributed by atoms with E-state index < -0.39 is 0 Å². The van der Waals surface area contributed by atoms with Crippen molar-refractivity contribution in [3.63, 3.8) is 0 Å². The first-order chi connectivity index (χ1) is 13.0. The smallest absolute Gasteiger partial charge is 0.246 e. The van der Waals surface area contributed by atoms with Gasteiger partial charge in [0.1, 0.15) is 0 Å². The molecule has 0 unspecified atom stereocenters. The highest BCUT2D eigenvalue weighted by Gasteiger charge is 2.15. The lowest BCUT2D eigenvalue weighted by molar-refractivity contribution is -0.127. The van der Waals surface area contributed by atoms with Crippen molar-refractivity contribution in [2.75, 3.05) is 12.8 Å². The van der Waals surface area contributed by atoms with Gasteiger partial charge in [0.15, 0.2) is 0 Å². The van der Waals surface area contributed by atoms with Gasteiger partial charge in [-0.05, 0) is 24.6 Å². The van der Waals surface area contributed by atoms with Crippen LogP contribution < -0.4 is 0 Å². The van der Waals surface area contributed by atoms with Crippen LogP contribution in [0.4, 0.5) is 0 Å². The number of halogens is 1. The van der Waals surface area contributed by atoms with Gasteiger partial charge in [-0.2, -0.15) is 4.98 Å². The fourth-order valence-electron chi connectivity index (χ4n) is 2.41. The van der Waals surface area contributed by atoms with Crippen molar-refractivity contribution in [1.82, 2.24) is 15.0 Å². The number of amides is 1. The first-order valence-electron chi connectivity index (χ1n) is 8.47. The fourth-order valence-corrected chi connectivity index (χ4v) is 3.73. The van der Waals surface area contributed by atoms with Crippen molar-refractivity contribution in [1.29, 1.82) is 0 Å². The standard InChI is InChI=1S/C20H20BrN3O2S/c1-14-6-8-15(9-7-14)12-27-13-19(25)24(2)11-18-22-20(23-26-18)16-4-3-5-17(21)10-16/h3-10H,11-13H2,1-2H3. The summed E-state index contributed by atoms with van der Waals surface area (Å²) in [5.74, 6) is 2.20. The van der Waals surface area contributed by atoms with Crippen molar-refractivity contribution < 1.29 is 9.32 Å². The lowest BCUT2D eigenvalue weighted by Gasteiger charge is -2.14. The summed E-state index contributed by atoms with van der Waals surface area (Å²) in [6.07, 6.45) is 0. The van der Waals surface area contributed by atoms with Crippen LogP contribution in [0, 0.1) is 6.92 Å². The van der Waals surface area contributed by atoms with Gasteiger partial charge in [0.25, 0.3) is 0 Å². The summed E-state index contributed by atoms with van der Waals surface area (Å²) in [6.45, 7) is 2.36. The van der Waals surface area contributed by atoms with Gasteiger partial charge in [-0.25, -0.2) is 0 Å². The quantitative estimate of drug-likeness (QED) is 0.527. The zero-order chi connectivity index (χ0) is 19.2. The van der Waals surface area contributed by atoms with E-state index >= 15 is 0 Å². The van der Waals surface area contributed by atoms with E-state index in [2.05, 4.69) is 57.3 Å². The van der Waals surface area contributed by atoms with E-state index in [-0.39, 0.29) is 5.91 Å². The molecule has 27 heavy (non-hydrogen) atoms. The molecule has 1 amide bonds. The van der Waals surface area contributed by atoms with Crippen LogP contribution in [0.1, 0.15) is 17.0 Å². The van der Waals surface area contributed by atoms with E-state index in [1.807, 2.05) is 24.3 Å². The van der Waals surface area contributed by atoms with Crippen LogP contribution in [0.15, 0.2) is 57.5 Å². The van der Waals surface area contributed by atoms with Crippen LogP contribution in [0.2, 0.25) is 0 Å². The number of carbonyl (C=O) groups is 1. The van der Waals surface area contributed by atoms with Crippen molar-refractivity contribution >= 4 is 33.6 Å². The molecule has 0 radical (unpaired) electrons. The number of benzene rings is 2. The summed E-state index contributed by atoms with van der Waals surface area (Å²) in [4.78, 5) is 18.3. The van der Waals surface area contributed by atoms with E-state index in [1.54, 1.807) is 23.7 Å². The monoisotopic (exact) mass is 445 g/mol. The first-order valence-corrected chi connectivity index (χ1v) is 10.4. The zero-order valence-electron chi connectivity index (χ0n) is 15.2. The van der Waals surface area contributed by atoms with E-state index in [1.165, 1.54) is 11.1 Å². The molecule has 3 aromatic rings. The van der Waals surface area contributed by atoms with Crippen LogP contribution in [0.5, 0.6) is 0 Å². The average molecular weight is 446 g/mol. The van der Waals surface area contributed by atoms with Gasteiger partial charge in [0.2, 0.25) is 17.6 Å². The number of thioether (sulfide) groups is 1. The Bertz CT molecular complexity index is 912. The molecule has 0 aliphatic rings. The minimum atomic E-state index is 0.0364. The van der Waals surface area contributed by atoms with Crippen molar-refractivity contribution in [3.8, 4) is 11.4 Å². The molecule has 0 N–H and O–H groups in total. The van der Waals surface area contributed by atoms with Crippen LogP contribution in [-0.4, -0.2) is 33.7 Å². The van der Waals surface area contributed by atoms with Gasteiger partial charge >= 0.3 is 0 Å². The minimum Gasteiger partial charge on any atom is -0.337 e. The van der Waals surface area contributed by atoms with Gasteiger partial charge in [-0.15, -0.1) is 11.8 Å². The third-order valence-electron chi connectivity index (χ3n) is 3.96. The second kappa shape index (κ2) is 9.19. The Labute approximate surface area is 171 Å². The third kappa shape index (κ3) is 5.68. The summed E-state index contributed by atoms with van der Waals surface area (Å²) in [7, 11) is 1.75. The molecule has 5 nitrogen and oxygen atoms in total. The fraction of sp³-hybridized carbons (Fsp3) is 0.250. The van der Waals surface area contributed by atoms with E-state index in [0.717, 1.165) is 15.8 Å². The van der Waals surface area contributed by atoms with E-state index in [0.29, 0.717) is 24.0 Å². The Balaban J connectivity index is 1.50. The molecule has 7 heteroatoms. The maximum Gasteiger partial charge on any atom is 0.246 e. The zero-order valence-corrected chi connectivity index (χ0v) is 17.6. The third-order valence-corrected chi connectivity index (χ3v) is 5.45. The summed E-state index contributed by atoms with van der Waals surface area (Å²) in [5.41, 5.74) is 3.32. The molecule has 2 aromatic carbocycles. The molecule has 0 aliphatic carbocycles. The second-order valence-electron chi connectivity index (χ2n) is 6.25. The lowest BCUT2D eigenvalue weighted by atomic mass is 10.2. The Kier molecular flexibility index (Phi) is 6.68. The van der Waals surface area contributed by atoms with Crippen molar-refractivity contribution in [2.24, 2.45) is 0 Å². The second-order valence-corrected chi connectivity index (χ2v) is 8.15. The van der Waals surface area contributed by atoms with Crippen LogP contribution in [-0.2, 0) is 17.1 Å². The SMILES string of the molecule is Cc1ccc(CSCC(=O)N(C)Cc2nc(-c3cccc(Br)c3)no2)cc1. The molecule has 140 valence electrons. The molecule has 0 fully saturated rings. The summed E-state index contributed by atoms with van der Waals surface area (Å²) in [6, 6.07) is 16.0. The Morgan fingerprint density at radius 1 is 1.22 bits per heavy atom. The lowest BCUT2D eigenvalue weighted by Crippen LogP contribution is -2.28. The maximum absolute atomic E-state index is 12.3. The summed E-state index contributed by atoms with van der Waals surface area (Å²) >= 11 is 5.03. The van der Waals surface area contributed by atoms with Crippen LogP contribution in [0.25, 0.3) is 11.4 Å². The number of aromatic nitrogens is 2. The Morgan fingerprint density at radius 3 is 2.74 bits per heavy atom. The molecule has 0 aliphatic heterocycles. The molecule has 0 atom stereocenters. The Hall–Kier alpha value is -2.12. The van der Waals surface area contributed by atoms with Crippen molar-refractivity contribution in [3.05, 3.63) is 70.0 Å². The van der Waals surface area contributed by atoms with Gasteiger partial charge in [-0.1, -0.05) is 63.0 Å². The molecule has 3 rings (SSSR count). The molecule has 0 bridgehead atoms. The summed E-state index contributed by atoms with van der Waals surface area (Å²) in [5, 5.41) is 4.00. The number of hydrogen-bond donors (Lipinski definition) is 0. The first kappa shape index (κ1) is 19.6. The molecule has 0 spiro atoms. The average Bonchev–Trinajstić information content (AvgIpc) is 3.12. The number of rotatable bonds is 7. The van der Waals surface area contributed by atoms with Gasteiger partial charge in [0, 0.05) is 22.8 Å². The highest BCUT2D eigenvalue weighted by atomic mass is 79.9. The van der Waals surface area contributed by atoms with Gasteiger partial charge in [-0.3, -0.25) is 4.79 Å². The molecule has 0 saturated carbocycles. The molecule has 1 aromatic heterocycles. The Morgan fingerprint density at radius 2 is 2.00 bits per heavy atom. The molecule has 1 heterocycles. The molecule has 0 saturated heterocycles. The predicted octanol–water partition coefficient (Wildman–Crippen LogP) is 4.70. The number of carbonyl (C=O) groups excluding carboxylic acids is 1. The van der Waals surface area contributed by atoms with Crippen LogP contribution >= 0.6 is 27.7 Å². The topological polar surface area (TPSA) is 59.2 Å². The van der Waals surface area contributed by atoms with Gasteiger partial charge < -0.3 is 9.42 Å². The number of nitrogens with zero attached hydrogens (tertiary/aromatic N) is 3. The highest BCUT2D eigenvalue weighted by Crippen LogP contribution is 2.21. The summed E-state index contributed by atoms with van der Waals surface area (Å²) < 4.78 is 6.24. The predicted molar refractivity (Wildman–Crippen MR) is 111 cm³/mol. The van der Waals surface area contributed by atoms with Crippen molar-refractivity contribution in [2.45, 2.75) is 19.2 Å². The normalized spacial score (nSPS) is 10.8.